The summed E-state index contributed by atoms with van der Waals surface area (Å²) in [5, 5.41) is 2.01. The van der Waals surface area contributed by atoms with Gasteiger partial charge >= 0.3 is 24.0 Å². The van der Waals surface area contributed by atoms with Crippen LogP contribution in [0.2, 0.25) is 18.1 Å². The second kappa shape index (κ2) is 13.6. The highest BCUT2D eigenvalue weighted by molar-refractivity contribution is 6.74. The molecule has 5 amide bonds. The van der Waals surface area contributed by atoms with E-state index in [2.05, 4.69) is 13.2 Å². The lowest BCUT2D eigenvalue weighted by Gasteiger charge is -2.49. The van der Waals surface area contributed by atoms with Crippen molar-refractivity contribution in [2.75, 3.05) is 40.4 Å². The Kier molecular flexibility index (Phi) is 11.3. The van der Waals surface area contributed by atoms with Gasteiger partial charge in [0.2, 0.25) is 5.91 Å². The SMILES string of the molecule is C=CCOC(=O)C(=O)N1C(=O)[C@H]([C@@H](C)O[Si](C)(C)C(C)(C)C)[C@H]1CC(=O)C1CN(C(=O)OCC=C)N(C(=O)N(C)C)C1. The van der Waals surface area contributed by atoms with E-state index in [-0.39, 0.29) is 37.8 Å². The maximum atomic E-state index is 13.6. The Morgan fingerprint density at radius 2 is 1.57 bits per heavy atom. The third-order valence-corrected chi connectivity index (χ3v) is 12.4. The molecule has 0 bridgehead atoms. The highest BCUT2D eigenvalue weighted by Gasteiger charge is 2.57. The lowest BCUT2D eigenvalue weighted by molar-refractivity contribution is -0.180. The summed E-state index contributed by atoms with van der Waals surface area (Å²) in [6, 6.07) is -1.51. The quantitative estimate of drug-likeness (QED) is 0.120. The van der Waals surface area contributed by atoms with E-state index in [0.29, 0.717) is 0 Å². The Hall–Kier alpha value is -3.52. The number of carbonyl (C=O) groups excluding carboxylic acids is 6. The molecule has 2 heterocycles. The van der Waals surface area contributed by atoms with Crippen LogP contribution >= 0.6 is 0 Å². The molecule has 0 aromatic carbocycles. The lowest BCUT2D eigenvalue weighted by atomic mass is 9.79. The molecule has 0 N–H and O–H groups in total. The van der Waals surface area contributed by atoms with Gasteiger partial charge in [0, 0.05) is 20.5 Å². The molecule has 2 aliphatic heterocycles. The van der Waals surface area contributed by atoms with Crippen LogP contribution in [0.25, 0.3) is 0 Å². The number of likely N-dealkylation sites (tertiary alicyclic amines) is 1. The Morgan fingerprint density at radius 1 is 1.02 bits per heavy atom. The Morgan fingerprint density at radius 3 is 2.10 bits per heavy atom. The summed E-state index contributed by atoms with van der Waals surface area (Å²) < 4.78 is 16.4. The standard InChI is InChI=1S/C28H44N4O9Si/c1-11-13-39-25(36)24(35)32-20(22(23(32)34)18(3)41-42(9,10)28(4,5)6)15-21(33)19-16-30(26(37)29(7)8)31(17-19)27(38)40-14-12-2/h11-12,18-20,22H,1-2,13-17H2,3-10H3/t18-,19?,20-,22-/m1/s1. The monoisotopic (exact) mass is 608 g/mol. The summed E-state index contributed by atoms with van der Waals surface area (Å²) in [6.07, 6.45) is 0.891. The van der Waals surface area contributed by atoms with Gasteiger partial charge in [-0.2, -0.15) is 0 Å². The van der Waals surface area contributed by atoms with E-state index in [0.717, 1.165) is 14.9 Å². The maximum absolute atomic E-state index is 13.6. The molecule has 13 nitrogen and oxygen atoms in total. The number of carbonyl (C=O) groups is 6. The van der Waals surface area contributed by atoms with Gasteiger partial charge in [0.25, 0.3) is 0 Å². The van der Waals surface area contributed by atoms with E-state index in [1.807, 2.05) is 33.9 Å². The third-order valence-electron chi connectivity index (χ3n) is 7.87. The Balaban J connectivity index is 2.34. The van der Waals surface area contributed by atoms with Crippen LogP contribution < -0.4 is 0 Å². The number of Topliss-reactive ketones (excluding diaryl/α,β-unsaturated/α-hetero) is 1. The topological polar surface area (TPSA) is 143 Å². The first kappa shape index (κ1) is 34.7. The molecule has 0 radical (unpaired) electrons. The van der Waals surface area contributed by atoms with Gasteiger partial charge in [-0.05, 0) is 25.1 Å². The average Bonchev–Trinajstić information content (AvgIpc) is 3.34. The Bertz CT molecular complexity index is 1120. The zero-order valence-corrected chi connectivity index (χ0v) is 26.9. The van der Waals surface area contributed by atoms with Crippen LogP contribution in [0.15, 0.2) is 25.3 Å². The smallest absolute Gasteiger partial charge is 0.429 e. The summed E-state index contributed by atoms with van der Waals surface area (Å²) in [5.74, 6) is -5.15. The largest absolute Gasteiger partial charge is 0.454 e. The van der Waals surface area contributed by atoms with E-state index in [1.54, 1.807) is 6.92 Å². The van der Waals surface area contributed by atoms with Crippen molar-refractivity contribution in [1.29, 1.82) is 0 Å². The maximum Gasteiger partial charge on any atom is 0.429 e. The molecule has 4 atom stereocenters. The summed E-state index contributed by atoms with van der Waals surface area (Å²) >= 11 is 0. The van der Waals surface area contributed by atoms with Crippen molar-refractivity contribution in [3.05, 3.63) is 25.3 Å². The molecular weight excluding hydrogens is 564 g/mol. The minimum absolute atomic E-state index is 0.0883. The molecule has 2 saturated heterocycles. The van der Waals surface area contributed by atoms with Crippen molar-refractivity contribution < 1.29 is 42.7 Å². The molecule has 2 rings (SSSR count). The molecule has 42 heavy (non-hydrogen) atoms. The molecule has 14 heteroatoms. The highest BCUT2D eigenvalue weighted by Crippen LogP contribution is 2.41. The number of esters is 1. The number of ether oxygens (including phenoxy) is 2. The normalized spacial score (nSPS) is 21.3. The molecule has 1 unspecified atom stereocenters. The van der Waals surface area contributed by atoms with Crippen LogP contribution in [0.3, 0.4) is 0 Å². The van der Waals surface area contributed by atoms with Gasteiger partial charge in [-0.1, -0.05) is 46.1 Å². The van der Waals surface area contributed by atoms with Crippen LogP contribution in [0, 0.1) is 11.8 Å². The van der Waals surface area contributed by atoms with Gasteiger partial charge in [0.1, 0.15) is 19.0 Å². The highest BCUT2D eigenvalue weighted by atomic mass is 28.4. The van der Waals surface area contributed by atoms with E-state index in [1.165, 1.54) is 31.1 Å². The second-order valence-corrected chi connectivity index (χ2v) is 16.9. The summed E-state index contributed by atoms with van der Waals surface area (Å²) in [6.45, 7) is 18.3. The van der Waals surface area contributed by atoms with Gasteiger partial charge in [0.15, 0.2) is 8.32 Å². The van der Waals surface area contributed by atoms with Crippen molar-refractivity contribution in [2.24, 2.45) is 11.8 Å². The lowest BCUT2D eigenvalue weighted by Crippen LogP contribution is -2.69. The number of hydrogen-bond acceptors (Lipinski definition) is 9. The summed E-state index contributed by atoms with van der Waals surface area (Å²) in [7, 11) is 0.667. The van der Waals surface area contributed by atoms with E-state index in [9.17, 15) is 28.8 Å². The fraction of sp³-hybridized carbons (Fsp3) is 0.643. The van der Waals surface area contributed by atoms with Gasteiger partial charge < -0.3 is 18.8 Å². The zero-order chi connectivity index (χ0) is 32.2. The number of ketones is 1. The average molecular weight is 609 g/mol. The number of imide groups is 1. The number of nitrogens with zero attached hydrogens (tertiary/aromatic N) is 4. The number of hydrazine groups is 1. The van der Waals surface area contributed by atoms with Gasteiger partial charge in [-0.3, -0.25) is 19.3 Å². The van der Waals surface area contributed by atoms with Crippen molar-refractivity contribution >= 4 is 44.0 Å². The molecule has 2 fully saturated rings. The van der Waals surface area contributed by atoms with Crippen molar-refractivity contribution in [2.45, 2.75) is 64.4 Å². The first-order valence-electron chi connectivity index (χ1n) is 13.8. The predicted octanol–water partition coefficient (Wildman–Crippen LogP) is 2.59. The molecule has 0 spiro atoms. The number of hydrogen-bond donors (Lipinski definition) is 0. The number of rotatable bonds is 10. The molecule has 2 aliphatic rings. The van der Waals surface area contributed by atoms with Crippen LogP contribution in [-0.4, -0.2) is 116 Å². The third kappa shape index (κ3) is 7.45. The van der Waals surface area contributed by atoms with E-state index in [4.69, 9.17) is 13.9 Å². The molecule has 0 saturated carbocycles. The van der Waals surface area contributed by atoms with Crippen molar-refractivity contribution in [1.82, 2.24) is 19.8 Å². The summed E-state index contributed by atoms with van der Waals surface area (Å²) in [5.41, 5.74) is 0. The van der Waals surface area contributed by atoms with Crippen molar-refractivity contribution in [3.63, 3.8) is 0 Å². The second-order valence-electron chi connectivity index (χ2n) is 12.2. The zero-order valence-electron chi connectivity index (χ0n) is 25.9. The molecule has 234 valence electrons. The Labute approximate surface area is 248 Å². The van der Waals surface area contributed by atoms with Crippen LogP contribution in [-0.2, 0) is 33.1 Å². The fourth-order valence-corrected chi connectivity index (χ4v) is 6.03. The molecular formula is C28H44N4O9Si. The molecule has 0 aliphatic carbocycles. The van der Waals surface area contributed by atoms with Gasteiger partial charge in [0.05, 0.1) is 37.1 Å². The number of amides is 5. The first-order chi connectivity index (χ1) is 19.4. The van der Waals surface area contributed by atoms with Gasteiger partial charge in [-0.15, -0.1) is 0 Å². The first-order valence-corrected chi connectivity index (χ1v) is 16.7. The minimum atomic E-state index is -2.35. The van der Waals surface area contributed by atoms with Gasteiger partial charge in [-0.25, -0.2) is 24.4 Å². The molecule has 0 aromatic rings. The fourth-order valence-electron chi connectivity index (χ4n) is 4.60. The summed E-state index contributed by atoms with van der Waals surface area (Å²) in [4.78, 5) is 79.7. The van der Waals surface area contributed by atoms with Crippen LogP contribution in [0.5, 0.6) is 0 Å². The minimum Gasteiger partial charge on any atom is -0.454 e. The molecule has 0 aromatic heterocycles. The number of β-lactam (4-membered cyclic amide) rings is 1. The predicted molar refractivity (Wildman–Crippen MR) is 155 cm³/mol. The van der Waals surface area contributed by atoms with Crippen molar-refractivity contribution in [3.8, 4) is 0 Å². The van der Waals surface area contributed by atoms with Crippen LogP contribution in [0.1, 0.15) is 34.1 Å². The van der Waals surface area contributed by atoms with E-state index >= 15 is 0 Å². The number of urea groups is 1. The van der Waals surface area contributed by atoms with E-state index < -0.39 is 68.0 Å². The van der Waals surface area contributed by atoms with Crippen LogP contribution in [0.4, 0.5) is 9.59 Å².